The molecule has 3 aromatic rings. The van der Waals surface area contributed by atoms with Gasteiger partial charge in [-0.2, -0.15) is 0 Å². The topological polar surface area (TPSA) is 114 Å². The molecule has 31 heavy (non-hydrogen) atoms. The number of imide groups is 1. The molecule has 0 aliphatic rings. The molecule has 0 saturated heterocycles. The second kappa shape index (κ2) is 9.57. The van der Waals surface area contributed by atoms with Crippen molar-refractivity contribution in [1.82, 2.24) is 5.16 Å². The molecule has 0 spiro atoms. The van der Waals surface area contributed by atoms with Crippen molar-refractivity contribution in [3.63, 3.8) is 0 Å². The third-order valence-corrected chi connectivity index (χ3v) is 4.32. The number of carbonyl (C=O) groups is 3. The van der Waals surface area contributed by atoms with Crippen LogP contribution in [-0.2, 0) is 4.74 Å². The molecular weight excluding hydrogens is 400 g/mol. The van der Waals surface area contributed by atoms with Crippen LogP contribution in [0.3, 0.4) is 0 Å². The van der Waals surface area contributed by atoms with Crippen LogP contribution >= 0.6 is 0 Å². The number of esters is 1. The fourth-order valence-electron chi connectivity index (χ4n) is 2.84. The van der Waals surface area contributed by atoms with E-state index in [0.29, 0.717) is 17.1 Å². The number of methoxy groups -OCH3 is 1. The van der Waals surface area contributed by atoms with Crippen LogP contribution in [0.4, 0.5) is 26.8 Å². The Morgan fingerprint density at radius 3 is 2.10 bits per heavy atom. The molecule has 0 radical (unpaired) electrons. The molecular formula is C22H22N4O5. The van der Waals surface area contributed by atoms with Crippen molar-refractivity contribution in [1.29, 1.82) is 0 Å². The summed E-state index contributed by atoms with van der Waals surface area (Å²) < 4.78 is 9.99. The maximum atomic E-state index is 13.1. The van der Waals surface area contributed by atoms with Crippen LogP contribution in [0, 0.1) is 0 Å². The fourth-order valence-corrected chi connectivity index (χ4v) is 2.84. The van der Waals surface area contributed by atoms with E-state index in [4.69, 9.17) is 9.26 Å². The minimum Gasteiger partial charge on any atom is -0.465 e. The lowest BCUT2D eigenvalue weighted by Crippen LogP contribution is -2.43. The van der Waals surface area contributed by atoms with Gasteiger partial charge >= 0.3 is 18.0 Å². The third kappa shape index (κ3) is 4.89. The van der Waals surface area contributed by atoms with Crippen LogP contribution < -0.4 is 15.5 Å². The number of amides is 4. The molecule has 160 valence electrons. The number of aromatic nitrogens is 1. The second-order valence-corrected chi connectivity index (χ2v) is 6.82. The van der Waals surface area contributed by atoms with E-state index in [1.807, 2.05) is 19.9 Å². The average molecular weight is 422 g/mol. The summed E-state index contributed by atoms with van der Waals surface area (Å²) in [6.45, 7) is 3.64. The highest BCUT2D eigenvalue weighted by Crippen LogP contribution is 2.27. The van der Waals surface area contributed by atoms with E-state index in [-0.39, 0.29) is 17.4 Å². The van der Waals surface area contributed by atoms with E-state index in [0.717, 1.165) is 4.90 Å². The summed E-state index contributed by atoms with van der Waals surface area (Å²) in [4.78, 5) is 39.2. The first kappa shape index (κ1) is 21.6. The smallest absolute Gasteiger partial charge is 0.345 e. The Balaban J connectivity index is 1.93. The summed E-state index contributed by atoms with van der Waals surface area (Å²) in [5.74, 6) is -1.07. The van der Waals surface area contributed by atoms with Gasteiger partial charge in [-0.05, 0) is 24.3 Å². The first-order valence-electron chi connectivity index (χ1n) is 9.52. The zero-order valence-corrected chi connectivity index (χ0v) is 17.3. The quantitative estimate of drug-likeness (QED) is 0.568. The van der Waals surface area contributed by atoms with Gasteiger partial charge in [0.1, 0.15) is 11.3 Å². The summed E-state index contributed by atoms with van der Waals surface area (Å²) in [5.41, 5.74) is 1.17. The molecule has 0 fully saturated rings. The van der Waals surface area contributed by atoms with E-state index < -0.39 is 18.0 Å². The summed E-state index contributed by atoms with van der Waals surface area (Å²) >= 11 is 0. The fraction of sp³-hybridized carbons (Fsp3) is 0.182. The molecule has 2 N–H and O–H groups in total. The average Bonchev–Trinajstić information content (AvgIpc) is 3.18. The number of benzene rings is 2. The monoisotopic (exact) mass is 422 g/mol. The molecule has 0 aliphatic carbocycles. The highest BCUT2D eigenvalue weighted by Gasteiger charge is 2.30. The maximum Gasteiger partial charge on any atom is 0.345 e. The molecule has 4 amide bonds. The summed E-state index contributed by atoms with van der Waals surface area (Å²) in [5, 5.41) is 9.00. The zero-order valence-electron chi connectivity index (χ0n) is 17.3. The first-order valence-corrected chi connectivity index (χ1v) is 9.52. The number of rotatable bonds is 5. The van der Waals surface area contributed by atoms with Crippen molar-refractivity contribution in [3.8, 4) is 0 Å². The number of hydrogen-bond donors (Lipinski definition) is 2. The standard InChI is InChI=1S/C22H22N4O5/c1-14(2)18-17(20(27)30-3)19(31-25-18)24-22(29)26(16-12-8-5-9-13-16)21(28)23-15-10-6-4-7-11-15/h4-14H,1-3H3,(H,23,28)(H,24,29). The van der Waals surface area contributed by atoms with Gasteiger partial charge in [-0.25, -0.2) is 19.3 Å². The number of para-hydroxylation sites is 2. The molecule has 0 unspecified atom stereocenters. The Morgan fingerprint density at radius 1 is 0.935 bits per heavy atom. The summed E-state index contributed by atoms with van der Waals surface area (Å²) in [6.07, 6.45) is 0. The lowest BCUT2D eigenvalue weighted by atomic mass is 10.1. The van der Waals surface area contributed by atoms with Gasteiger partial charge in [0.25, 0.3) is 0 Å². The normalized spacial score (nSPS) is 10.5. The molecule has 9 heteroatoms. The van der Waals surface area contributed by atoms with Crippen LogP contribution in [-0.4, -0.2) is 30.3 Å². The number of nitrogens with one attached hydrogen (secondary N) is 2. The minimum absolute atomic E-state index is 0.00216. The lowest BCUT2D eigenvalue weighted by Gasteiger charge is -2.21. The predicted molar refractivity (Wildman–Crippen MR) is 115 cm³/mol. The highest BCUT2D eigenvalue weighted by molar-refractivity contribution is 6.21. The molecule has 0 bridgehead atoms. The molecule has 0 atom stereocenters. The number of hydrogen-bond acceptors (Lipinski definition) is 6. The molecule has 0 aliphatic heterocycles. The van der Waals surface area contributed by atoms with Gasteiger partial charge < -0.3 is 14.6 Å². The number of carbonyl (C=O) groups excluding carboxylic acids is 3. The SMILES string of the molecule is COC(=O)c1c(C(C)C)noc1NC(=O)N(C(=O)Nc1ccccc1)c1ccccc1. The van der Waals surface area contributed by atoms with Crippen molar-refractivity contribution < 1.29 is 23.6 Å². The lowest BCUT2D eigenvalue weighted by molar-refractivity contribution is 0.0600. The number of ether oxygens (including phenoxy) is 1. The van der Waals surface area contributed by atoms with Gasteiger partial charge in [-0.1, -0.05) is 55.4 Å². The van der Waals surface area contributed by atoms with Crippen molar-refractivity contribution in [2.75, 3.05) is 22.6 Å². The second-order valence-electron chi connectivity index (χ2n) is 6.82. The maximum absolute atomic E-state index is 13.1. The van der Waals surface area contributed by atoms with Gasteiger partial charge in [-0.3, -0.25) is 5.32 Å². The Hall–Kier alpha value is -4.14. The van der Waals surface area contributed by atoms with E-state index in [9.17, 15) is 14.4 Å². The Labute approximate surface area is 179 Å². The number of anilines is 3. The van der Waals surface area contributed by atoms with E-state index in [2.05, 4.69) is 15.8 Å². The van der Waals surface area contributed by atoms with Crippen LogP contribution in [0.1, 0.15) is 35.8 Å². The van der Waals surface area contributed by atoms with E-state index in [1.165, 1.54) is 7.11 Å². The van der Waals surface area contributed by atoms with Crippen molar-refractivity contribution >= 4 is 35.3 Å². The molecule has 1 aromatic heterocycles. The van der Waals surface area contributed by atoms with Crippen molar-refractivity contribution in [3.05, 3.63) is 71.9 Å². The summed E-state index contributed by atoms with van der Waals surface area (Å²) in [6, 6.07) is 15.5. The number of nitrogens with zero attached hydrogens (tertiary/aromatic N) is 2. The van der Waals surface area contributed by atoms with E-state index in [1.54, 1.807) is 54.6 Å². The van der Waals surface area contributed by atoms with Crippen LogP contribution in [0.2, 0.25) is 0 Å². The largest absolute Gasteiger partial charge is 0.465 e. The van der Waals surface area contributed by atoms with Crippen molar-refractivity contribution in [2.45, 2.75) is 19.8 Å². The van der Waals surface area contributed by atoms with Gasteiger partial charge in [0, 0.05) is 11.6 Å². The van der Waals surface area contributed by atoms with Gasteiger partial charge in [0.2, 0.25) is 5.88 Å². The predicted octanol–water partition coefficient (Wildman–Crippen LogP) is 4.86. The van der Waals surface area contributed by atoms with Gasteiger partial charge in [0.05, 0.1) is 12.8 Å². The molecule has 0 saturated carbocycles. The van der Waals surface area contributed by atoms with Crippen LogP contribution in [0.15, 0.2) is 65.2 Å². The zero-order chi connectivity index (χ0) is 22.4. The Bertz CT molecular complexity index is 1060. The Kier molecular flexibility index (Phi) is 6.66. The van der Waals surface area contributed by atoms with Crippen LogP contribution in [0.5, 0.6) is 0 Å². The molecule has 9 nitrogen and oxygen atoms in total. The van der Waals surface area contributed by atoms with Gasteiger partial charge in [-0.15, -0.1) is 0 Å². The minimum atomic E-state index is -0.837. The third-order valence-electron chi connectivity index (χ3n) is 4.32. The molecule has 1 heterocycles. The highest BCUT2D eigenvalue weighted by atomic mass is 16.5. The van der Waals surface area contributed by atoms with Gasteiger partial charge in [0.15, 0.2) is 0 Å². The van der Waals surface area contributed by atoms with E-state index >= 15 is 0 Å². The first-order chi connectivity index (χ1) is 14.9. The molecule has 3 rings (SSSR count). The molecule has 2 aromatic carbocycles. The number of urea groups is 2. The van der Waals surface area contributed by atoms with Crippen LogP contribution in [0.25, 0.3) is 0 Å². The summed E-state index contributed by atoms with van der Waals surface area (Å²) in [7, 11) is 1.22. The Morgan fingerprint density at radius 2 is 1.52 bits per heavy atom. The van der Waals surface area contributed by atoms with Crippen molar-refractivity contribution in [2.24, 2.45) is 0 Å².